The Bertz CT molecular complexity index is 301. The third-order valence-corrected chi connectivity index (χ3v) is 1.87. The van der Waals surface area contributed by atoms with Crippen LogP contribution in [-0.4, -0.2) is 0 Å². The lowest BCUT2D eigenvalue weighted by Gasteiger charge is -2.00. The zero-order chi connectivity index (χ0) is 11.0. The summed E-state index contributed by atoms with van der Waals surface area (Å²) in [7, 11) is 0. The molecule has 0 spiro atoms. The Morgan fingerprint density at radius 1 is 1.14 bits per heavy atom. The lowest BCUT2D eigenvalue weighted by Crippen LogP contribution is -1.78. The molecule has 0 aliphatic heterocycles. The maximum Gasteiger partial charge on any atom is -0.0227 e. The third-order valence-electron chi connectivity index (χ3n) is 1.87. The SMILES string of the molecule is C=C.C=C/C=C(\C)c1ccc(C)cc1. The average molecular weight is 186 g/mol. The summed E-state index contributed by atoms with van der Waals surface area (Å²) in [5.74, 6) is 0. The molecule has 0 fully saturated rings. The van der Waals surface area contributed by atoms with Gasteiger partial charge >= 0.3 is 0 Å². The van der Waals surface area contributed by atoms with E-state index in [0.29, 0.717) is 0 Å². The van der Waals surface area contributed by atoms with Gasteiger partial charge in [0, 0.05) is 0 Å². The van der Waals surface area contributed by atoms with Crippen LogP contribution >= 0.6 is 0 Å². The molecule has 0 nitrogen and oxygen atoms in total. The maximum absolute atomic E-state index is 3.67. The summed E-state index contributed by atoms with van der Waals surface area (Å²) < 4.78 is 0. The molecular formula is C14H18. The molecule has 1 aromatic carbocycles. The van der Waals surface area contributed by atoms with E-state index in [2.05, 4.69) is 57.8 Å². The first kappa shape index (κ1) is 12.4. The first-order valence-corrected chi connectivity index (χ1v) is 4.60. The molecule has 0 heterocycles. The van der Waals surface area contributed by atoms with E-state index < -0.39 is 0 Å². The first-order valence-electron chi connectivity index (χ1n) is 4.60. The summed E-state index contributed by atoms with van der Waals surface area (Å²) in [5, 5.41) is 0. The van der Waals surface area contributed by atoms with Crippen LogP contribution in [-0.2, 0) is 0 Å². The van der Waals surface area contributed by atoms with Crippen LogP contribution < -0.4 is 0 Å². The summed E-state index contributed by atoms with van der Waals surface area (Å²) in [6, 6.07) is 8.50. The molecule has 0 aromatic heterocycles. The molecule has 0 heteroatoms. The van der Waals surface area contributed by atoms with Crippen molar-refractivity contribution in [3.8, 4) is 0 Å². The van der Waals surface area contributed by atoms with E-state index in [1.165, 1.54) is 16.7 Å². The smallest absolute Gasteiger partial charge is 0.0227 e. The fourth-order valence-corrected chi connectivity index (χ4v) is 1.09. The molecule has 74 valence electrons. The van der Waals surface area contributed by atoms with Gasteiger partial charge < -0.3 is 0 Å². The summed E-state index contributed by atoms with van der Waals surface area (Å²) in [5.41, 5.74) is 3.82. The summed E-state index contributed by atoms with van der Waals surface area (Å²) in [6.07, 6.45) is 3.83. The van der Waals surface area contributed by atoms with Gasteiger partial charge in [-0.25, -0.2) is 0 Å². The molecule has 0 saturated carbocycles. The van der Waals surface area contributed by atoms with Gasteiger partial charge in [-0.2, -0.15) is 0 Å². The van der Waals surface area contributed by atoms with Crippen molar-refractivity contribution in [1.82, 2.24) is 0 Å². The molecule has 0 atom stereocenters. The van der Waals surface area contributed by atoms with Crippen LogP contribution in [0.15, 0.2) is 56.2 Å². The minimum absolute atomic E-state index is 1.25. The van der Waals surface area contributed by atoms with Crippen LogP contribution in [0.3, 0.4) is 0 Å². The summed E-state index contributed by atoms with van der Waals surface area (Å²) >= 11 is 0. The van der Waals surface area contributed by atoms with E-state index in [4.69, 9.17) is 0 Å². The van der Waals surface area contributed by atoms with E-state index in [-0.39, 0.29) is 0 Å². The van der Waals surface area contributed by atoms with E-state index >= 15 is 0 Å². The third kappa shape index (κ3) is 3.90. The fourth-order valence-electron chi connectivity index (χ4n) is 1.09. The van der Waals surface area contributed by atoms with Crippen molar-refractivity contribution in [3.63, 3.8) is 0 Å². The molecule has 0 aliphatic carbocycles. The van der Waals surface area contributed by atoms with Crippen molar-refractivity contribution in [2.24, 2.45) is 0 Å². The predicted molar refractivity (Wildman–Crippen MR) is 66.3 cm³/mol. The van der Waals surface area contributed by atoms with Crippen LogP contribution in [0.2, 0.25) is 0 Å². The van der Waals surface area contributed by atoms with Crippen molar-refractivity contribution < 1.29 is 0 Å². The van der Waals surface area contributed by atoms with Crippen molar-refractivity contribution in [1.29, 1.82) is 0 Å². The van der Waals surface area contributed by atoms with Gasteiger partial charge in [-0.3, -0.25) is 0 Å². The molecule has 0 amide bonds. The van der Waals surface area contributed by atoms with Crippen molar-refractivity contribution >= 4 is 5.57 Å². The van der Waals surface area contributed by atoms with Gasteiger partial charge in [0.1, 0.15) is 0 Å². The molecule has 1 aromatic rings. The molecule has 0 radical (unpaired) electrons. The Balaban J connectivity index is 0.000000791. The van der Waals surface area contributed by atoms with E-state index in [1.807, 2.05) is 12.2 Å². The van der Waals surface area contributed by atoms with Gasteiger partial charge in [0.2, 0.25) is 0 Å². The molecule has 0 unspecified atom stereocenters. The maximum atomic E-state index is 3.67. The van der Waals surface area contributed by atoms with Crippen LogP contribution in [0.1, 0.15) is 18.1 Å². The minimum Gasteiger partial charge on any atom is -0.106 e. The van der Waals surface area contributed by atoms with Gasteiger partial charge in [-0.1, -0.05) is 48.6 Å². The van der Waals surface area contributed by atoms with Gasteiger partial charge in [0.05, 0.1) is 0 Å². The highest BCUT2D eigenvalue weighted by atomic mass is 14.0. The lowest BCUT2D eigenvalue weighted by molar-refractivity contribution is 1.44. The number of aryl methyl sites for hydroxylation is 1. The van der Waals surface area contributed by atoms with Crippen LogP contribution in [0.25, 0.3) is 5.57 Å². The standard InChI is InChI=1S/C12H14.C2H4/c1-4-5-11(3)12-8-6-10(2)7-9-12;1-2/h4-9H,1H2,2-3H3;1-2H2/b11-5+;. The van der Waals surface area contributed by atoms with Crippen molar-refractivity contribution in [2.75, 3.05) is 0 Å². The summed E-state index contributed by atoms with van der Waals surface area (Å²) in [6.45, 7) is 13.9. The van der Waals surface area contributed by atoms with Crippen LogP contribution in [0.4, 0.5) is 0 Å². The van der Waals surface area contributed by atoms with Crippen LogP contribution in [0.5, 0.6) is 0 Å². The first-order chi connectivity index (χ1) is 6.74. The molecule has 0 bridgehead atoms. The molecule has 0 N–H and O–H groups in total. The van der Waals surface area contributed by atoms with Gasteiger partial charge in [-0.15, -0.1) is 13.2 Å². The van der Waals surface area contributed by atoms with Gasteiger partial charge in [0.15, 0.2) is 0 Å². The Morgan fingerprint density at radius 2 is 1.64 bits per heavy atom. The van der Waals surface area contributed by atoms with E-state index in [0.717, 1.165) is 0 Å². The number of rotatable bonds is 2. The molecule has 14 heavy (non-hydrogen) atoms. The number of hydrogen-bond donors (Lipinski definition) is 0. The minimum atomic E-state index is 1.25. The monoisotopic (exact) mass is 186 g/mol. The second-order valence-corrected chi connectivity index (χ2v) is 2.95. The molecule has 0 aliphatic rings. The summed E-state index contributed by atoms with van der Waals surface area (Å²) in [4.78, 5) is 0. The van der Waals surface area contributed by atoms with Crippen molar-refractivity contribution in [3.05, 3.63) is 67.3 Å². The highest BCUT2D eigenvalue weighted by Crippen LogP contribution is 2.13. The number of allylic oxidation sites excluding steroid dienone is 3. The Hall–Kier alpha value is -1.56. The Labute approximate surface area is 87.3 Å². The second kappa shape index (κ2) is 6.90. The topological polar surface area (TPSA) is 0 Å². The van der Waals surface area contributed by atoms with Gasteiger partial charge in [0.25, 0.3) is 0 Å². The lowest BCUT2D eigenvalue weighted by atomic mass is 10.1. The van der Waals surface area contributed by atoms with Crippen molar-refractivity contribution in [2.45, 2.75) is 13.8 Å². The Morgan fingerprint density at radius 3 is 2.07 bits per heavy atom. The highest BCUT2D eigenvalue weighted by Gasteiger charge is 1.92. The quantitative estimate of drug-likeness (QED) is 0.475. The predicted octanol–water partition coefficient (Wildman–Crippen LogP) is 4.39. The fraction of sp³-hybridized carbons (Fsp3) is 0.143. The zero-order valence-corrected chi connectivity index (χ0v) is 9.09. The number of hydrogen-bond acceptors (Lipinski definition) is 0. The molecule has 0 saturated heterocycles. The number of benzene rings is 1. The Kier molecular flexibility index (Phi) is 6.13. The van der Waals surface area contributed by atoms with Gasteiger partial charge in [-0.05, 0) is 25.0 Å². The highest BCUT2D eigenvalue weighted by molar-refractivity contribution is 5.65. The molecule has 1 rings (SSSR count). The van der Waals surface area contributed by atoms with Crippen LogP contribution in [0, 0.1) is 6.92 Å². The largest absolute Gasteiger partial charge is 0.106 e. The second-order valence-electron chi connectivity index (χ2n) is 2.95. The zero-order valence-electron chi connectivity index (χ0n) is 9.09. The normalized spacial score (nSPS) is 10.0. The van der Waals surface area contributed by atoms with E-state index in [1.54, 1.807) is 0 Å². The molecular weight excluding hydrogens is 168 g/mol. The van der Waals surface area contributed by atoms with E-state index in [9.17, 15) is 0 Å². The average Bonchev–Trinajstić information content (AvgIpc) is 2.22.